The number of hydroxylamine groups is 4. The topological polar surface area (TPSA) is 250 Å². The summed E-state index contributed by atoms with van der Waals surface area (Å²) in [6.45, 7) is 12.5. The van der Waals surface area contributed by atoms with Gasteiger partial charge >= 0.3 is 5.97 Å². The van der Waals surface area contributed by atoms with E-state index in [2.05, 4.69) is 15.6 Å². The number of hydrogen-bond acceptors (Lipinski definition) is 14. The Morgan fingerprint density at radius 3 is 2.23 bits per heavy atom. The second kappa shape index (κ2) is 28.6. The van der Waals surface area contributed by atoms with Crippen molar-refractivity contribution in [1.29, 1.82) is 0 Å². The summed E-state index contributed by atoms with van der Waals surface area (Å²) in [6.07, 6.45) is 4.44. The Hall–Kier alpha value is -5.48. The van der Waals surface area contributed by atoms with Crippen LogP contribution in [0.5, 0.6) is 0 Å². The van der Waals surface area contributed by atoms with Crippen molar-refractivity contribution in [2.45, 2.75) is 174 Å². The number of carbonyl (C=O) groups is 8. The highest BCUT2D eigenvalue weighted by atomic mass is 16.7. The molecule has 1 aromatic heterocycles. The molecule has 4 heterocycles. The van der Waals surface area contributed by atoms with Crippen molar-refractivity contribution in [2.75, 3.05) is 54.6 Å². The number of imide groups is 1. The number of aromatic nitrogens is 1. The number of likely N-dealkylation sites (tertiary alicyclic amines) is 1. The Morgan fingerprint density at radius 2 is 1.60 bits per heavy atom. The average Bonchev–Trinajstić information content (AvgIpc) is 4.13. The molecule has 3 saturated heterocycles. The summed E-state index contributed by atoms with van der Waals surface area (Å²) in [5.41, 5.74) is 1.79. The number of aromatic amines is 1. The molecular weight excluding hydrogens is 969 g/mol. The van der Waals surface area contributed by atoms with E-state index in [-0.39, 0.29) is 61.7 Å². The lowest BCUT2D eigenvalue weighted by atomic mass is 9.89. The van der Waals surface area contributed by atoms with Crippen molar-refractivity contribution < 1.29 is 62.6 Å². The summed E-state index contributed by atoms with van der Waals surface area (Å²) in [6, 6.07) is 3.76. The quantitative estimate of drug-likeness (QED) is 0.0702. The Morgan fingerprint density at radius 1 is 0.893 bits per heavy atom. The van der Waals surface area contributed by atoms with Gasteiger partial charge in [0.1, 0.15) is 18.1 Å². The summed E-state index contributed by atoms with van der Waals surface area (Å²) in [7, 11) is 6.38. The Balaban J connectivity index is 1.22. The fraction of sp³-hybridized carbons (Fsp3) is 0.704. The van der Waals surface area contributed by atoms with Crippen LogP contribution in [-0.4, -0.2) is 185 Å². The molecule has 2 aromatic rings. The molecule has 9 unspecified atom stereocenters. The fourth-order valence-corrected chi connectivity index (χ4v) is 10.8. The molecule has 0 radical (unpaired) electrons. The Labute approximate surface area is 441 Å². The predicted octanol–water partition coefficient (Wildman–Crippen LogP) is 3.66. The molecule has 21 heteroatoms. The zero-order valence-electron chi connectivity index (χ0n) is 45.8. The van der Waals surface area contributed by atoms with E-state index >= 15 is 0 Å². The molecule has 3 aliphatic heterocycles. The number of para-hydroxylation sites is 1. The van der Waals surface area contributed by atoms with Gasteiger partial charge in [0.25, 0.3) is 17.7 Å². The number of rotatable bonds is 28. The molecule has 4 N–H and O–H groups in total. The molecular formula is C54H84N8O13. The van der Waals surface area contributed by atoms with Crippen LogP contribution in [-0.2, 0) is 63.9 Å². The number of likely N-dealkylation sites (N-methyl/N-ethyl adjacent to an activating group) is 2. The summed E-state index contributed by atoms with van der Waals surface area (Å²) in [4.78, 5) is 126. The highest BCUT2D eigenvalue weighted by Gasteiger charge is 2.44. The minimum Gasteiger partial charge on any atom is -0.391 e. The van der Waals surface area contributed by atoms with Crippen LogP contribution in [0.2, 0.25) is 0 Å². The van der Waals surface area contributed by atoms with Crippen molar-refractivity contribution >= 4 is 58.2 Å². The first-order chi connectivity index (χ1) is 35.7. The molecule has 3 aliphatic rings. The third-order valence-corrected chi connectivity index (χ3v) is 15.2. The average molecular weight is 1050 g/mol. The van der Waals surface area contributed by atoms with Crippen molar-refractivity contribution in [3.63, 3.8) is 0 Å². The van der Waals surface area contributed by atoms with Crippen LogP contribution in [0.15, 0.2) is 30.5 Å². The Kier molecular flexibility index (Phi) is 23.0. The normalized spacial score (nSPS) is 19.9. The van der Waals surface area contributed by atoms with Gasteiger partial charge in [-0.1, -0.05) is 65.7 Å². The molecule has 10 atom stereocenters. The number of nitrogens with one attached hydrogen (secondary N) is 3. The maximum atomic E-state index is 14.6. The highest BCUT2D eigenvalue weighted by molar-refractivity contribution is 6.01. The number of aliphatic hydroxyl groups excluding tert-OH is 1. The lowest BCUT2D eigenvalue weighted by Crippen LogP contribution is -2.60. The number of methoxy groups -OCH3 is 2. The summed E-state index contributed by atoms with van der Waals surface area (Å²) >= 11 is 0. The van der Waals surface area contributed by atoms with Gasteiger partial charge in [-0.15, -0.1) is 5.06 Å². The molecule has 75 heavy (non-hydrogen) atoms. The van der Waals surface area contributed by atoms with Crippen LogP contribution >= 0.6 is 0 Å². The van der Waals surface area contributed by atoms with Crippen molar-refractivity contribution in [3.05, 3.63) is 36.0 Å². The molecule has 0 saturated carbocycles. The molecule has 418 valence electrons. The number of benzene rings is 1. The summed E-state index contributed by atoms with van der Waals surface area (Å²) < 4.78 is 12.2. The number of unbranched alkanes of at least 4 members (excludes halogenated alkanes) is 2. The second-order valence-electron chi connectivity index (χ2n) is 20.9. The standard InChI is InChI=1S/C54H84N8O13/c1-11-34(4)48(59(8)54(71)47(33(2)3)57-52(69)49(36(6)63)58(7)26-16-12-13-23-46(67)75-62-43(64)24-25-44(62)65)42(72-9)31-45(66)60-27-19-22-41(60)50(73-10)35(5)51(68)56-40(53(70)61-28-17-18-29-74-61)30-37-32-55-39-21-15-14-20-38(37)39/h14-15,20-21,32-36,40-42,47-50,55,63H,11-13,16-19,22-31H2,1-10H3,(H,56,68)(H,57,69)/t34?,35?,36?,40?,41-,42?,47?,48?,49?,50?/m0/s1. The van der Waals surface area contributed by atoms with E-state index in [0.717, 1.165) is 29.3 Å². The van der Waals surface area contributed by atoms with Crippen molar-refractivity contribution in [2.24, 2.45) is 17.8 Å². The van der Waals surface area contributed by atoms with Crippen LogP contribution in [0, 0.1) is 17.8 Å². The van der Waals surface area contributed by atoms with Gasteiger partial charge in [-0.25, -0.2) is 9.86 Å². The van der Waals surface area contributed by atoms with Crippen molar-refractivity contribution in [3.8, 4) is 0 Å². The number of amides is 7. The van der Waals surface area contributed by atoms with Gasteiger partial charge in [-0.05, 0) is 82.5 Å². The number of hydrogen-bond donors (Lipinski definition) is 4. The third-order valence-electron chi connectivity index (χ3n) is 15.2. The summed E-state index contributed by atoms with van der Waals surface area (Å²) in [5, 5.41) is 19.6. The first kappa shape index (κ1) is 60.4. The molecule has 3 fully saturated rings. The van der Waals surface area contributed by atoms with Gasteiger partial charge in [0, 0.05) is 77.1 Å². The molecule has 5 rings (SSSR count). The maximum Gasteiger partial charge on any atom is 0.333 e. The minimum atomic E-state index is -1.11. The van der Waals surface area contributed by atoms with Crippen molar-refractivity contribution in [1.82, 2.24) is 40.4 Å². The number of ether oxygens (including phenoxy) is 2. The monoisotopic (exact) mass is 1050 g/mol. The third kappa shape index (κ3) is 15.6. The van der Waals surface area contributed by atoms with E-state index in [1.807, 2.05) is 58.2 Å². The molecule has 21 nitrogen and oxygen atoms in total. The van der Waals surface area contributed by atoms with E-state index in [1.165, 1.54) is 26.2 Å². The van der Waals surface area contributed by atoms with E-state index in [0.29, 0.717) is 69.8 Å². The zero-order valence-corrected chi connectivity index (χ0v) is 45.8. The van der Waals surface area contributed by atoms with Gasteiger partial charge in [-0.2, -0.15) is 0 Å². The van der Waals surface area contributed by atoms with Crippen LogP contribution in [0.25, 0.3) is 10.9 Å². The van der Waals surface area contributed by atoms with Crippen LogP contribution in [0.3, 0.4) is 0 Å². The molecule has 1 aromatic carbocycles. The predicted molar refractivity (Wildman–Crippen MR) is 277 cm³/mol. The van der Waals surface area contributed by atoms with Gasteiger partial charge in [0.05, 0.1) is 49.3 Å². The minimum absolute atomic E-state index is 0.00908. The Bertz CT molecular complexity index is 2250. The van der Waals surface area contributed by atoms with E-state index in [4.69, 9.17) is 19.1 Å². The zero-order chi connectivity index (χ0) is 55.1. The second-order valence-corrected chi connectivity index (χ2v) is 20.9. The van der Waals surface area contributed by atoms with E-state index in [9.17, 15) is 43.5 Å². The first-order valence-electron chi connectivity index (χ1n) is 26.9. The van der Waals surface area contributed by atoms with E-state index in [1.54, 1.807) is 35.7 Å². The van der Waals surface area contributed by atoms with Gasteiger partial charge in [0.2, 0.25) is 23.6 Å². The molecule has 0 aliphatic carbocycles. The molecule has 7 amide bonds. The SMILES string of the molecule is CCC(C)C(C(CC(=O)N1CCC[C@H]1C(OC)C(C)C(=O)NC(Cc1c[nH]c2ccccc12)C(=O)N1CCCCO1)OC)N(C)C(=O)C(NC(=O)C(C(C)O)N(C)CCCCCC(=O)ON1C(=O)CCC1=O)C(C)C. The number of aliphatic hydroxyl groups is 1. The fourth-order valence-electron chi connectivity index (χ4n) is 10.8. The maximum absolute atomic E-state index is 14.6. The van der Waals surface area contributed by atoms with Gasteiger partial charge < -0.3 is 44.8 Å². The number of carbonyl (C=O) groups excluding carboxylic acids is 8. The van der Waals surface area contributed by atoms with Crippen LogP contribution < -0.4 is 10.6 Å². The number of nitrogens with zero attached hydrogens (tertiary/aromatic N) is 5. The van der Waals surface area contributed by atoms with Gasteiger partial charge in [-0.3, -0.25) is 43.3 Å². The molecule has 0 spiro atoms. The lowest BCUT2D eigenvalue weighted by Gasteiger charge is -2.41. The van der Waals surface area contributed by atoms with Gasteiger partial charge in [0.15, 0.2) is 0 Å². The molecule has 0 bridgehead atoms. The first-order valence-corrected chi connectivity index (χ1v) is 26.9. The number of H-pyrrole nitrogens is 1. The largest absolute Gasteiger partial charge is 0.391 e. The van der Waals surface area contributed by atoms with Crippen LogP contribution in [0.4, 0.5) is 0 Å². The number of fused-ring (bicyclic) bond motifs is 1. The smallest absolute Gasteiger partial charge is 0.333 e. The summed E-state index contributed by atoms with van der Waals surface area (Å²) in [5.74, 6) is -4.96. The highest BCUT2D eigenvalue weighted by Crippen LogP contribution is 2.30. The van der Waals surface area contributed by atoms with E-state index < -0.39 is 84.0 Å². The lowest BCUT2D eigenvalue weighted by molar-refractivity contribution is -0.199. The van der Waals surface area contributed by atoms with Crippen LogP contribution in [0.1, 0.15) is 124 Å².